The number of ether oxygens (including phenoxy) is 1. The molecule has 0 spiro atoms. The van der Waals surface area contributed by atoms with Crippen LogP contribution in [0.2, 0.25) is 0 Å². The summed E-state index contributed by atoms with van der Waals surface area (Å²) in [5, 5.41) is 0. The van der Waals surface area contributed by atoms with E-state index >= 15 is 0 Å². The molecular formula is C39H39OSn. The van der Waals surface area contributed by atoms with E-state index in [0.717, 1.165) is 18.4 Å². The van der Waals surface area contributed by atoms with E-state index in [1.165, 1.54) is 36.0 Å². The van der Waals surface area contributed by atoms with Gasteiger partial charge in [0.1, 0.15) is 5.60 Å². The Morgan fingerprint density at radius 3 is 1.29 bits per heavy atom. The SMILES string of the molecule is [CH]1[C@H]2CC[C@H](C2)[C@H]1COC(c1ccccc1)(c1ccccc1)c1ccccc1.[HH].[Sn].[c]1ccccc1.[c]1ccccc1. The van der Waals surface area contributed by atoms with Crippen molar-refractivity contribution in [1.29, 1.82) is 0 Å². The van der Waals surface area contributed by atoms with Crippen LogP contribution >= 0.6 is 0 Å². The monoisotopic (exact) mass is 643 g/mol. The summed E-state index contributed by atoms with van der Waals surface area (Å²) >= 11 is 0. The van der Waals surface area contributed by atoms with E-state index in [0.29, 0.717) is 5.92 Å². The fourth-order valence-electron chi connectivity index (χ4n) is 5.99. The maximum atomic E-state index is 6.99. The third kappa shape index (κ3) is 8.21. The molecule has 205 valence electrons. The minimum atomic E-state index is -0.584. The Balaban J connectivity index is 0.000000288. The normalized spacial score (nSPS) is 18.6. The largest absolute Gasteiger partial charge is 0.361 e. The minimum absolute atomic E-state index is 0. The molecule has 0 aromatic heterocycles. The standard InChI is InChI=1S/C27H27O.2C6H5.Sn.H2/c1-4-10-24(11-5-1)27(25-12-6-2-7-13-25,26-14-8-3-9-15-26)28-20-23-19-21-16-17-22(23)18-21;2*1-2-4-6-5-3-1;;/h1-15,19,21-23H,16-18,20H2;2*1-5H;;1H/t21-,22+,23+;;;;/m0..../s1. The average Bonchev–Trinajstić information content (AvgIpc) is 3.69. The van der Waals surface area contributed by atoms with Crippen LogP contribution in [0, 0.1) is 36.3 Å². The second-order valence-electron chi connectivity index (χ2n) is 10.4. The van der Waals surface area contributed by atoms with Crippen LogP contribution in [0.5, 0.6) is 0 Å². The van der Waals surface area contributed by atoms with Crippen molar-refractivity contribution in [3.63, 3.8) is 0 Å². The molecule has 1 nitrogen and oxygen atoms in total. The molecule has 0 N–H and O–H groups in total. The molecule has 5 aromatic carbocycles. The van der Waals surface area contributed by atoms with Gasteiger partial charge in [-0.2, -0.15) is 0 Å². The van der Waals surface area contributed by atoms with Gasteiger partial charge < -0.3 is 4.74 Å². The maximum absolute atomic E-state index is 6.99. The Labute approximate surface area is 265 Å². The van der Waals surface area contributed by atoms with E-state index in [9.17, 15) is 0 Å². The Hall–Kier alpha value is -3.14. The first-order valence-electron chi connectivity index (χ1n) is 14.3. The molecule has 5 aromatic rings. The molecule has 0 heterocycles. The van der Waals surface area contributed by atoms with Crippen LogP contribution in [0.3, 0.4) is 0 Å². The van der Waals surface area contributed by atoms with Crippen LogP contribution in [0.25, 0.3) is 0 Å². The number of rotatable bonds is 6. The van der Waals surface area contributed by atoms with E-state index in [1.54, 1.807) is 0 Å². The van der Waals surface area contributed by atoms with E-state index in [-0.39, 0.29) is 25.3 Å². The van der Waals surface area contributed by atoms with Gasteiger partial charge in [0.2, 0.25) is 0 Å². The van der Waals surface area contributed by atoms with E-state index in [4.69, 9.17) is 4.74 Å². The van der Waals surface area contributed by atoms with Gasteiger partial charge in [0.25, 0.3) is 0 Å². The summed E-state index contributed by atoms with van der Waals surface area (Å²) in [6.45, 7) is 0.778. The van der Waals surface area contributed by atoms with Crippen LogP contribution in [-0.4, -0.2) is 30.5 Å². The zero-order valence-corrected chi connectivity index (χ0v) is 26.3. The molecule has 0 unspecified atom stereocenters. The van der Waals surface area contributed by atoms with Crippen molar-refractivity contribution in [2.45, 2.75) is 24.9 Å². The van der Waals surface area contributed by atoms with Gasteiger partial charge in [0, 0.05) is 25.3 Å². The predicted molar refractivity (Wildman–Crippen MR) is 172 cm³/mol. The average molecular weight is 642 g/mol. The zero-order valence-electron chi connectivity index (χ0n) is 23.5. The van der Waals surface area contributed by atoms with Gasteiger partial charge in [-0.15, -0.1) is 0 Å². The molecule has 0 amide bonds. The molecule has 0 saturated heterocycles. The molecule has 2 saturated carbocycles. The van der Waals surface area contributed by atoms with E-state index in [1.807, 2.05) is 60.7 Å². The summed E-state index contributed by atoms with van der Waals surface area (Å²) in [7, 11) is 0. The second kappa shape index (κ2) is 16.3. The fourth-order valence-corrected chi connectivity index (χ4v) is 5.99. The van der Waals surface area contributed by atoms with Crippen molar-refractivity contribution in [3.8, 4) is 0 Å². The first-order valence-corrected chi connectivity index (χ1v) is 14.3. The van der Waals surface area contributed by atoms with Gasteiger partial charge in [0.15, 0.2) is 0 Å². The Kier molecular flexibility index (Phi) is 12.3. The summed E-state index contributed by atoms with van der Waals surface area (Å²) in [4.78, 5) is 0. The third-order valence-corrected chi connectivity index (χ3v) is 7.89. The predicted octanol–water partition coefficient (Wildman–Crippen LogP) is 9.08. The number of benzene rings is 5. The molecule has 7 rings (SSSR count). The van der Waals surface area contributed by atoms with Crippen LogP contribution in [0.1, 0.15) is 37.4 Å². The van der Waals surface area contributed by atoms with E-state index in [2.05, 4.69) is 110 Å². The van der Waals surface area contributed by atoms with Crippen LogP contribution < -0.4 is 0 Å². The van der Waals surface area contributed by atoms with Crippen molar-refractivity contribution in [1.82, 2.24) is 0 Å². The second-order valence-corrected chi connectivity index (χ2v) is 10.4. The molecule has 2 bridgehead atoms. The molecular weight excluding hydrogens is 603 g/mol. The van der Waals surface area contributed by atoms with Gasteiger partial charge in [-0.25, -0.2) is 0 Å². The fraction of sp³-hybridized carbons (Fsp3) is 0.205. The topological polar surface area (TPSA) is 9.23 Å². The third-order valence-electron chi connectivity index (χ3n) is 7.89. The Bertz CT molecular complexity index is 1170. The van der Waals surface area contributed by atoms with Gasteiger partial charge in [-0.1, -0.05) is 152 Å². The summed E-state index contributed by atoms with van der Waals surface area (Å²) in [6.07, 6.45) is 6.68. The van der Waals surface area contributed by atoms with Gasteiger partial charge in [-0.05, 0) is 72.3 Å². The van der Waals surface area contributed by atoms with Crippen molar-refractivity contribution in [2.24, 2.45) is 17.8 Å². The molecule has 41 heavy (non-hydrogen) atoms. The van der Waals surface area contributed by atoms with Crippen molar-refractivity contribution >= 4 is 23.9 Å². The number of fused-ring (bicyclic) bond motifs is 2. The summed E-state index contributed by atoms with van der Waals surface area (Å²) in [5.74, 6) is 2.21. The first kappa shape index (κ1) is 30.8. The first-order chi connectivity index (χ1) is 19.9. The Morgan fingerprint density at radius 2 is 1.00 bits per heavy atom. The minimum Gasteiger partial charge on any atom is -0.361 e. The van der Waals surface area contributed by atoms with Crippen molar-refractivity contribution < 1.29 is 6.16 Å². The molecule has 7 radical (unpaired) electrons. The summed E-state index contributed by atoms with van der Waals surface area (Å²) < 4.78 is 6.99. The van der Waals surface area contributed by atoms with Crippen LogP contribution in [0.4, 0.5) is 0 Å². The van der Waals surface area contributed by atoms with Crippen LogP contribution in [-0.2, 0) is 10.3 Å². The zero-order chi connectivity index (χ0) is 27.3. The van der Waals surface area contributed by atoms with Gasteiger partial charge >= 0.3 is 0 Å². The number of hydrogen-bond acceptors (Lipinski definition) is 1. The quantitative estimate of drug-likeness (QED) is 0.133. The molecule has 2 aliphatic carbocycles. The molecule has 2 heteroatoms. The maximum Gasteiger partial charge on any atom is 0.143 e. The van der Waals surface area contributed by atoms with Crippen LogP contribution in [0.15, 0.2) is 152 Å². The summed E-state index contributed by atoms with van der Waals surface area (Å²) in [5.41, 5.74) is 2.99. The number of hydrogen-bond donors (Lipinski definition) is 0. The molecule has 0 aliphatic heterocycles. The summed E-state index contributed by atoms with van der Waals surface area (Å²) in [6, 6.07) is 57.1. The van der Waals surface area contributed by atoms with Crippen molar-refractivity contribution in [3.05, 3.63) is 187 Å². The van der Waals surface area contributed by atoms with Gasteiger partial charge in [-0.3, -0.25) is 0 Å². The Morgan fingerprint density at radius 1 is 0.585 bits per heavy atom. The van der Waals surface area contributed by atoms with Gasteiger partial charge in [0.05, 0.1) is 6.61 Å². The molecule has 3 atom stereocenters. The van der Waals surface area contributed by atoms with Crippen molar-refractivity contribution in [2.75, 3.05) is 6.61 Å². The molecule has 2 fully saturated rings. The smallest absolute Gasteiger partial charge is 0.143 e. The molecule has 2 aliphatic rings. The van der Waals surface area contributed by atoms with E-state index < -0.39 is 5.60 Å².